The van der Waals surface area contributed by atoms with Crippen molar-refractivity contribution in [2.75, 3.05) is 32.8 Å². The van der Waals surface area contributed by atoms with E-state index in [0.29, 0.717) is 11.5 Å². The molecule has 1 N–H and O–H groups in total. The smallest absolute Gasteiger partial charge is 0.324 e. The molecule has 1 aliphatic heterocycles. The van der Waals surface area contributed by atoms with Crippen molar-refractivity contribution in [3.63, 3.8) is 0 Å². The Kier molecular flexibility index (Phi) is 6.97. The van der Waals surface area contributed by atoms with Crippen LogP contribution in [0.4, 0.5) is 0 Å². The summed E-state index contributed by atoms with van der Waals surface area (Å²) in [5.41, 5.74) is 0. The topological polar surface area (TPSA) is 90.9 Å². The highest BCUT2D eigenvalue weighted by Crippen LogP contribution is 2.31. The van der Waals surface area contributed by atoms with Crippen molar-refractivity contribution < 1.29 is 27.4 Å². The standard InChI is InChI=1S/C16H23NO6S2/c1-21-13-5-4-12(10-14(13)22-2)25(19,20)17-15(16(18)23-3)11-6-8-24-9-7-11/h4-5,10-11,15,17H,6-9H2,1-3H3. The van der Waals surface area contributed by atoms with Crippen LogP contribution in [0.2, 0.25) is 0 Å². The Morgan fingerprint density at radius 1 is 1.16 bits per heavy atom. The quantitative estimate of drug-likeness (QED) is 0.709. The summed E-state index contributed by atoms with van der Waals surface area (Å²) in [5.74, 6) is 1.88. The zero-order valence-corrected chi connectivity index (χ0v) is 16.1. The van der Waals surface area contributed by atoms with Crippen LogP contribution in [0.3, 0.4) is 0 Å². The number of carbonyl (C=O) groups excluding carboxylic acids is 1. The van der Waals surface area contributed by atoms with Crippen LogP contribution < -0.4 is 14.2 Å². The fourth-order valence-corrected chi connectivity index (χ4v) is 5.14. The monoisotopic (exact) mass is 389 g/mol. The van der Waals surface area contributed by atoms with Crippen LogP contribution >= 0.6 is 11.8 Å². The Hall–Kier alpha value is -1.45. The van der Waals surface area contributed by atoms with E-state index < -0.39 is 22.0 Å². The van der Waals surface area contributed by atoms with Crippen LogP contribution in [0.15, 0.2) is 23.1 Å². The van der Waals surface area contributed by atoms with Crippen LogP contribution in [-0.2, 0) is 19.6 Å². The lowest BCUT2D eigenvalue weighted by Crippen LogP contribution is -2.47. The van der Waals surface area contributed by atoms with Gasteiger partial charge in [-0.3, -0.25) is 4.79 Å². The maximum absolute atomic E-state index is 12.8. The van der Waals surface area contributed by atoms with Crippen molar-refractivity contribution in [3.8, 4) is 11.5 Å². The second-order valence-corrected chi connectivity index (χ2v) is 8.53. The SMILES string of the molecule is COC(=O)C(NS(=O)(=O)c1ccc(OC)c(OC)c1)C1CCSCC1. The Morgan fingerprint density at radius 2 is 1.80 bits per heavy atom. The van der Waals surface area contributed by atoms with Gasteiger partial charge in [-0.15, -0.1) is 0 Å². The Balaban J connectivity index is 2.28. The molecule has 1 unspecified atom stereocenters. The van der Waals surface area contributed by atoms with E-state index in [0.717, 1.165) is 24.3 Å². The van der Waals surface area contributed by atoms with Crippen molar-refractivity contribution in [2.24, 2.45) is 5.92 Å². The van der Waals surface area contributed by atoms with E-state index in [2.05, 4.69) is 4.72 Å². The highest BCUT2D eigenvalue weighted by molar-refractivity contribution is 7.99. The first-order valence-electron chi connectivity index (χ1n) is 7.83. The van der Waals surface area contributed by atoms with Crippen molar-refractivity contribution >= 4 is 27.8 Å². The fraction of sp³-hybridized carbons (Fsp3) is 0.562. The number of esters is 1. The number of ether oxygens (including phenoxy) is 3. The molecule has 1 saturated heterocycles. The number of benzene rings is 1. The Bertz CT molecular complexity index is 701. The van der Waals surface area contributed by atoms with Crippen LogP contribution in [0.1, 0.15) is 12.8 Å². The summed E-state index contributed by atoms with van der Waals surface area (Å²) in [6, 6.07) is 3.39. The Morgan fingerprint density at radius 3 is 2.36 bits per heavy atom. The zero-order valence-electron chi connectivity index (χ0n) is 14.5. The molecule has 1 aromatic carbocycles. The van der Waals surface area contributed by atoms with Crippen molar-refractivity contribution in [1.29, 1.82) is 0 Å². The molecule has 1 fully saturated rings. The van der Waals surface area contributed by atoms with Gasteiger partial charge in [0.1, 0.15) is 6.04 Å². The number of rotatable bonds is 7. The lowest BCUT2D eigenvalue weighted by atomic mass is 9.94. The van der Waals surface area contributed by atoms with E-state index in [9.17, 15) is 13.2 Å². The van der Waals surface area contributed by atoms with Crippen LogP contribution in [-0.4, -0.2) is 53.3 Å². The van der Waals surface area contributed by atoms with Gasteiger partial charge in [0.15, 0.2) is 11.5 Å². The molecule has 1 atom stereocenters. The molecule has 0 aromatic heterocycles. The molecule has 0 saturated carbocycles. The molecule has 1 aliphatic rings. The number of carbonyl (C=O) groups is 1. The zero-order chi connectivity index (χ0) is 18.4. The van der Waals surface area contributed by atoms with E-state index >= 15 is 0 Å². The number of sulfonamides is 1. The molecule has 9 heteroatoms. The van der Waals surface area contributed by atoms with E-state index in [1.54, 1.807) is 11.8 Å². The summed E-state index contributed by atoms with van der Waals surface area (Å²) in [6.07, 6.45) is 1.53. The van der Waals surface area contributed by atoms with Gasteiger partial charge in [-0.25, -0.2) is 8.42 Å². The molecule has 0 radical (unpaired) electrons. The average molecular weight is 389 g/mol. The highest BCUT2D eigenvalue weighted by Gasteiger charge is 2.34. The molecule has 0 amide bonds. The normalized spacial score (nSPS) is 16.9. The minimum Gasteiger partial charge on any atom is -0.493 e. The summed E-state index contributed by atoms with van der Waals surface area (Å²) in [4.78, 5) is 12.1. The van der Waals surface area contributed by atoms with Gasteiger partial charge >= 0.3 is 5.97 Å². The third-order valence-electron chi connectivity index (χ3n) is 4.14. The van der Waals surface area contributed by atoms with Crippen LogP contribution in [0.25, 0.3) is 0 Å². The molecule has 0 aliphatic carbocycles. The maximum atomic E-state index is 12.8. The maximum Gasteiger partial charge on any atom is 0.324 e. The van der Waals surface area contributed by atoms with Gasteiger partial charge in [0, 0.05) is 6.07 Å². The molecule has 25 heavy (non-hydrogen) atoms. The molecular formula is C16H23NO6S2. The molecule has 1 heterocycles. The number of hydrogen-bond acceptors (Lipinski definition) is 7. The average Bonchev–Trinajstić information content (AvgIpc) is 2.65. The van der Waals surface area contributed by atoms with Crippen molar-refractivity contribution in [3.05, 3.63) is 18.2 Å². The molecule has 1 aromatic rings. The summed E-state index contributed by atoms with van der Waals surface area (Å²) in [7, 11) is 0.247. The number of nitrogens with one attached hydrogen (secondary N) is 1. The first-order valence-corrected chi connectivity index (χ1v) is 10.5. The molecule has 0 bridgehead atoms. The fourth-order valence-electron chi connectivity index (χ4n) is 2.73. The number of hydrogen-bond donors (Lipinski definition) is 1. The molecular weight excluding hydrogens is 366 g/mol. The molecule has 7 nitrogen and oxygen atoms in total. The number of methoxy groups -OCH3 is 3. The second-order valence-electron chi connectivity index (χ2n) is 5.59. The van der Waals surface area contributed by atoms with Crippen LogP contribution in [0, 0.1) is 5.92 Å². The summed E-state index contributed by atoms with van der Waals surface area (Å²) in [5, 5.41) is 0. The van der Waals surface area contributed by atoms with Gasteiger partial charge in [-0.1, -0.05) is 0 Å². The minimum atomic E-state index is -3.91. The van der Waals surface area contributed by atoms with Gasteiger partial charge in [0.2, 0.25) is 10.0 Å². The largest absolute Gasteiger partial charge is 0.493 e. The second kappa shape index (κ2) is 8.77. The van der Waals surface area contributed by atoms with Gasteiger partial charge in [0.25, 0.3) is 0 Å². The van der Waals surface area contributed by atoms with Crippen molar-refractivity contribution in [2.45, 2.75) is 23.8 Å². The van der Waals surface area contributed by atoms with E-state index in [1.807, 2.05) is 0 Å². The van der Waals surface area contributed by atoms with E-state index in [1.165, 1.54) is 39.5 Å². The summed E-state index contributed by atoms with van der Waals surface area (Å²) in [6.45, 7) is 0. The predicted molar refractivity (Wildman–Crippen MR) is 95.7 cm³/mol. The third-order valence-corrected chi connectivity index (χ3v) is 6.63. The first kappa shape index (κ1) is 19.9. The lowest BCUT2D eigenvalue weighted by molar-refractivity contribution is -0.144. The molecule has 140 valence electrons. The van der Waals surface area contributed by atoms with E-state index in [4.69, 9.17) is 14.2 Å². The highest BCUT2D eigenvalue weighted by atomic mass is 32.2. The third kappa shape index (κ3) is 4.80. The molecule has 0 spiro atoms. The lowest BCUT2D eigenvalue weighted by Gasteiger charge is -2.28. The van der Waals surface area contributed by atoms with Crippen LogP contribution in [0.5, 0.6) is 11.5 Å². The first-order chi connectivity index (χ1) is 11.9. The van der Waals surface area contributed by atoms with E-state index in [-0.39, 0.29) is 10.8 Å². The summed E-state index contributed by atoms with van der Waals surface area (Å²) >= 11 is 1.80. The predicted octanol–water partition coefficient (Wildman–Crippen LogP) is 1.67. The number of thioether (sulfide) groups is 1. The summed E-state index contributed by atoms with van der Waals surface area (Å²) < 4.78 is 43.1. The van der Waals surface area contributed by atoms with Gasteiger partial charge in [-0.05, 0) is 42.4 Å². The minimum absolute atomic E-state index is 0.00392. The van der Waals surface area contributed by atoms with Gasteiger partial charge in [-0.2, -0.15) is 16.5 Å². The van der Waals surface area contributed by atoms with Gasteiger partial charge < -0.3 is 14.2 Å². The van der Waals surface area contributed by atoms with Gasteiger partial charge in [0.05, 0.1) is 26.2 Å². The molecule has 2 rings (SSSR count). The van der Waals surface area contributed by atoms with Crippen molar-refractivity contribution in [1.82, 2.24) is 4.72 Å². The Labute approximate surface area is 152 Å².